The lowest BCUT2D eigenvalue weighted by Gasteiger charge is -2.11. The van der Waals surface area contributed by atoms with Crippen LogP contribution >= 0.6 is 15.9 Å². The Morgan fingerprint density at radius 3 is 2.73 bits per heavy atom. The van der Waals surface area contributed by atoms with E-state index in [0.717, 1.165) is 32.1 Å². The minimum atomic E-state index is 0.909. The second-order valence-electron chi connectivity index (χ2n) is 5.49. The molecule has 0 radical (unpaired) electrons. The molecule has 0 aliphatic rings. The van der Waals surface area contributed by atoms with Gasteiger partial charge < -0.3 is 0 Å². The molecule has 0 fully saturated rings. The fourth-order valence-corrected chi connectivity index (χ4v) is 3.21. The summed E-state index contributed by atoms with van der Waals surface area (Å²) in [5, 5.41) is 1.10. The van der Waals surface area contributed by atoms with Crippen molar-refractivity contribution in [3.8, 4) is 5.69 Å². The van der Waals surface area contributed by atoms with E-state index in [1.807, 2.05) is 24.7 Å². The van der Waals surface area contributed by atoms with E-state index in [4.69, 9.17) is 0 Å². The van der Waals surface area contributed by atoms with Gasteiger partial charge in [0.1, 0.15) is 11.8 Å². The van der Waals surface area contributed by atoms with Gasteiger partial charge in [-0.15, -0.1) is 0 Å². The number of pyridine rings is 1. The summed E-state index contributed by atoms with van der Waals surface area (Å²) in [6.07, 6.45) is 3.72. The highest BCUT2D eigenvalue weighted by molar-refractivity contribution is 9.10. The molecule has 2 aromatic carbocycles. The number of imidazole rings is 1. The monoisotopic (exact) mass is 351 g/mol. The number of aromatic nitrogens is 3. The quantitative estimate of drug-likeness (QED) is 0.485. The van der Waals surface area contributed by atoms with Gasteiger partial charge in [0, 0.05) is 9.86 Å². The summed E-state index contributed by atoms with van der Waals surface area (Å²) < 4.78 is 3.21. The van der Waals surface area contributed by atoms with E-state index >= 15 is 0 Å². The van der Waals surface area contributed by atoms with Gasteiger partial charge in [-0.1, -0.05) is 28.1 Å². The number of fused-ring (bicyclic) bond motifs is 3. The highest BCUT2D eigenvalue weighted by Crippen LogP contribution is 2.29. The lowest BCUT2D eigenvalue weighted by Crippen LogP contribution is -1.97. The van der Waals surface area contributed by atoms with Gasteiger partial charge in [0.2, 0.25) is 0 Å². The summed E-state index contributed by atoms with van der Waals surface area (Å²) in [7, 11) is 0. The van der Waals surface area contributed by atoms with Crippen LogP contribution in [0.25, 0.3) is 27.6 Å². The Bertz CT molecular complexity index is 1020. The summed E-state index contributed by atoms with van der Waals surface area (Å²) in [5.74, 6) is 0. The average Bonchev–Trinajstić information content (AvgIpc) is 2.94. The van der Waals surface area contributed by atoms with Crippen LogP contribution in [-0.4, -0.2) is 14.5 Å². The van der Waals surface area contributed by atoms with Crippen molar-refractivity contribution in [1.82, 2.24) is 14.5 Å². The SMILES string of the molecule is Cc1cccc(-n2cnc3cnc4ccc(Br)cc4c32)c1C. The highest BCUT2D eigenvalue weighted by atomic mass is 79.9. The van der Waals surface area contributed by atoms with Gasteiger partial charge >= 0.3 is 0 Å². The third-order valence-electron chi connectivity index (χ3n) is 4.17. The number of rotatable bonds is 1. The Labute approximate surface area is 136 Å². The zero-order chi connectivity index (χ0) is 15.3. The summed E-state index contributed by atoms with van der Waals surface area (Å²) in [6.45, 7) is 4.28. The lowest BCUT2D eigenvalue weighted by molar-refractivity contribution is 1.07. The standard InChI is InChI=1S/C18H14BrN3/c1-11-4-3-5-17(12(11)2)22-10-21-16-9-20-15-7-6-13(19)8-14(15)18(16)22/h3-10H,1-2H3. The van der Waals surface area contributed by atoms with Crippen LogP contribution in [0.2, 0.25) is 0 Å². The molecule has 0 saturated heterocycles. The maximum atomic E-state index is 4.53. The molecule has 0 amide bonds. The van der Waals surface area contributed by atoms with Gasteiger partial charge in [0.15, 0.2) is 0 Å². The largest absolute Gasteiger partial charge is 0.298 e. The van der Waals surface area contributed by atoms with E-state index in [2.05, 4.69) is 68.6 Å². The van der Waals surface area contributed by atoms with Gasteiger partial charge in [-0.05, 0) is 49.2 Å². The first-order chi connectivity index (χ1) is 10.6. The van der Waals surface area contributed by atoms with E-state index in [0.29, 0.717) is 0 Å². The van der Waals surface area contributed by atoms with Crippen LogP contribution in [0.4, 0.5) is 0 Å². The molecule has 0 N–H and O–H groups in total. The molecule has 4 aromatic rings. The van der Waals surface area contributed by atoms with Gasteiger partial charge in [-0.3, -0.25) is 9.55 Å². The fraction of sp³-hybridized carbons (Fsp3) is 0.111. The maximum absolute atomic E-state index is 4.53. The van der Waals surface area contributed by atoms with Crippen molar-refractivity contribution < 1.29 is 0 Å². The Kier molecular flexibility index (Phi) is 3.01. The van der Waals surface area contributed by atoms with Crippen LogP contribution in [0.1, 0.15) is 11.1 Å². The minimum Gasteiger partial charge on any atom is -0.298 e. The molecule has 0 atom stereocenters. The van der Waals surface area contributed by atoms with E-state index in [9.17, 15) is 0 Å². The van der Waals surface area contributed by atoms with Crippen LogP contribution in [0.15, 0.2) is 53.4 Å². The number of hydrogen-bond acceptors (Lipinski definition) is 2. The number of benzene rings is 2. The van der Waals surface area contributed by atoms with E-state index < -0.39 is 0 Å². The summed E-state index contributed by atoms with van der Waals surface area (Å²) in [4.78, 5) is 9.03. The molecule has 4 rings (SSSR count). The predicted octanol–water partition coefficient (Wildman–Crippen LogP) is 4.95. The summed E-state index contributed by atoms with van der Waals surface area (Å²) in [6, 6.07) is 12.5. The number of nitrogens with zero attached hydrogens (tertiary/aromatic N) is 3. The first kappa shape index (κ1) is 13.5. The maximum Gasteiger partial charge on any atom is 0.108 e. The molecule has 108 valence electrons. The topological polar surface area (TPSA) is 30.7 Å². The first-order valence-corrected chi connectivity index (χ1v) is 7.92. The van der Waals surface area contributed by atoms with E-state index in [1.54, 1.807) is 0 Å². The first-order valence-electron chi connectivity index (χ1n) is 7.13. The molecular formula is C18H14BrN3. The fourth-order valence-electron chi connectivity index (χ4n) is 2.84. The van der Waals surface area contributed by atoms with Crippen molar-refractivity contribution in [3.05, 3.63) is 64.5 Å². The molecule has 2 heterocycles. The Morgan fingerprint density at radius 1 is 1.00 bits per heavy atom. The Morgan fingerprint density at radius 2 is 1.86 bits per heavy atom. The predicted molar refractivity (Wildman–Crippen MR) is 93.5 cm³/mol. The van der Waals surface area contributed by atoms with Crippen LogP contribution in [0, 0.1) is 13.8 Å². The van der Waals surface area contributed by atoms with E-state index in [1.165, 1.54) is 11.1 Å². The molecule has 0 saturated carbocycles. The summed E-state index contributed by atoms with van der Waals surface area (Å²) >= 11 is 3.56. The van der Waals surface area contributed by atoms with Crippen molar-refractivity contribution in [2.45, 2.75) is 13.8 Å². The Balaban J connectivity index is 2.15. The van der Waals surface area contributed by atoms with Gasteiger partial charge in [0.25, 0.3) is 0 Å². The van der Waals surface area contributed by atoms with Crippen LogP contribution < -0.4 is 0 Å². The third-order valence-corrected chi connectivity index (χ3v) is 4.66. The van der Waals surface area contributed by atoms with Gasteiger partial charge in [0.05, 0.1) is 22.9 Å². The molecule has 0 aliphatic carbocycles. The Hall–Kier alpha value is -2.20. The van der Waals surface area contributed by atoms with Crippen LogP contribution in [-0.2, 0) is 0 Å². The van der Waals surface area contributed by atoms with Crippen molar-refractivity contribution >= 4 is 37.9 Å². The molecule has 2 aromatic heterocycles. The molecule has 0 spiro atoms. The normalized spacial score (nSPS) is 11.4. The van der Waals surface area contributed by atoms with Gasteiger partial charge in [-0.2, -0.15) is 0 Å². The van der Waals surface area contributed by atoms with Crippen LogP contribution in [0.3, 0.4) is 0 Å². The smallest absolute Gasteiger partial charge is 0.108 e. The number of hydrogen-bond donors (Lipinski definition) is 0. The van der Waals surface area contributed by atoms with Gasteiger partial charge in [-0.25, -0.2) is 4.98 Å². The van der Waals surface area contributed by atoms with E-state index in [-0.39, 0.29) is 0 Å². The molecular weight excluding hydrogens is 338 g/mol. The average molecular weight is 352 g/mol. The molecule has 22 heavy (non-hydrogen) atoms. The molecule has 0 bridgehead atoms. The second-order valence-corrected chi connectivity index (χ2v) is 6.40. The van der Waals surface area contributed by atoms with Crippen molar-refractivity contribution in [2.24, 2.45) is 0 Å². The summed E-state index contributed by atoms with van der Waals surface area (Å²) in [5.41, 5.74) is 6.69. The third kappa shape index (κ3) is 1.95. The zero-order valence-corrected chi connectivity index (χ0v) is 13.9. The van der Waals surface area contributed by atoms with Crippen molar-refractivity contribution in [2.75, 3.05) is 0 Å². The molecule has 3 nitrogen and oxygen atoms in total. The second kappa shape index (κ2) is 4.92. The minimum absolute atomic E-state index is 0.909. The van der Waals surface area contributed by atoms with Crippen LogP contribution in [0.5, 0.6) is 0 Å². The number of halogens is 1. The van der Waals surface area contributed by atoms with Crippen molar-refractivity contribution in [1.29, 1.82) is 0 Å². The lowest BCUT2D eigenvalue weighted by atomic mass is 10.1. The molecule has 0 aliphatic heterocycles. The molecule has 0 unspecified atom stereocenters. The number of aryl methyl sites for hydroxylation is 1. The highest BCUT2D eigenvalue weighted by Gasteiger charge is 2.12. The zero-order valence-electron chi connectivity index (χ0n) is 12.3. The van der Waals surface area contributed by atoms with Crippen molar-refractivity contribution in [3.63, 3.8) is 0 Å². The molecule has 4 heteroatoms.